The molecule has 1 aliphatic rings. The van der Waals surface area contributed by atoms with Crippen LogP contribution in [0, 0.1) is 0 Å². The average molecular weight is 240 g/mol. The van der Waals surface area contributed by atoms with Gasteiger partial charge in [0.2, 0.25) is 0 Å². The SMILES string of the molecule is C=C(CN1CCC(N(C)C)CC1)C(=O)OCC. The Morgan fingerprint density at radius 1 is 1.41 bits per heavy atom. The highest BCUT2D eigenvalue weighted by atomic mass is 16.5. The van der Waals surface area contributed by atoms with Crippen molar-refractivity contribution in [2.45, 2.75) is 25.8 Å². The Hall–Kier alpha value is -0.870. The summed E-state index contributed by atoms with van der Waals surface area (Å²) in [4.78, 5) is 16.0. The van der Waals surface area contributed by atoms with Gasteiger partial charge in [-0.15, -0.1) is 0 Å². The molecule has 98 valence electrons. The molecule has 4 heteroatoms. The molecule has 0 aromatic heterocycles. The molecule has 1 fully saturated rings. The van der Waals surface area contributed by atoms with Gasteiger partial charge >= 0.3 is 5.97 Å². The van der Waals surface area contributed by atoms with E-state index in [4.69, 9.17) is 4.74 Å². The summed E-state index contributed by atoms with van der Waals surface area (Å²) in [5, 5.41) is 0. The van der Waals surface area contributed by atoms with Gasteiger partial charge in [0, 0.05) is 18.2 Å². The first kappa shape index (κ1) is 14.2. The summed E-state index contributed by atoms with van der Waals surface area (Å²) in [6, 6.07) is 0.669. The standard InChI is InChI=1S/C13H24N2O2/c1-5-17-13(16)11(2)10-15-8-6-12(7-9-15)14(3)4/h12H,2,5-10H2,1,3-4H3. The summed E-state index contributed by atoms with van der Waals surface area (Å²) in [6.45, 7) is 8.72. The molecular formula is C13H24N2O2. The Kier molecular flexibility index (Phi) is 5.65. The minimum absolute atomic E-state index is 0.262. The molecule has 1 saturated heterocycles. The fourth-order valence-corrected chi connectivity index (χ4v) is 2.16. The Morgan fingerprint density at radius 2 is 2.00 bits per heavy atom. The molecule has 4 nitrogen and oxygen atoms in total. The van der Waals surface area contributed by atoms with Crippen molar-refractivity contribution < 1.29 is 9.53 Å². The van der Waals surface area contributed by atoms with Crippen LogP contribution in [0.4, 0.5) is 0 Å². The number of hydrogen-bond donors (Lipinski definition) is 0. The quantitative estimate of drug-likeness (QED) is 0.533. The van der Waals surface area contributed by atoms with Crippen LogP contribution in [0.15, 0.2) is 12.2 Å². The molecule has 0 bridgehead atoms. The third-order valence-electron chi connectivity index (χ3n) is 3.27. The lowest BCUT2D eigenvalue weighted by molar-refractivity contribution is -0.138. The second-order valence-electron chi connectivity index (χ2n) is 4.79. The molecule has 17 heavy (non-hydrogen) atoms. The molecule has 0 unspecified atom stereocenters. The monoisotopic (exact) mass is 240 g/mol. The van der Waals surface area contributed by atoms with Crippen LogP contribution in [0.5, 0.6) is 0 Å². The van der Waals surface area contributed by atoms with Gasteiger partial charge in [0.1, 0.15) is 0 Å². The largest absolute Gasteiger partial charge is 0.463 e. The summed E-state index contributed by atoms with van der Waals surface area (Å²) in [5.41, 5.74) is 0.565. The zero-order valence-electron chi connectivity index (χ0n) is 11.2. The van der Waals surface area contributed by atoms with Gasteiger partial charge in [-0.05, 0) is 47.0 Å². The molecule has 0 radical (unpaired) electrons. The number of piperidine rings is 1. The van der Waals surface area contributed by atoms with Gasteiger partial charge in [-0.2, -0.15) is 0 Å². The second-order valence-corrected chi connectivity index (χ2v) is 4.79. The van der Waals surface area contributed by atoms with Crippen molar-refractivity contribution in [2.75, 3.05) is 40.3 Å². The van der Waals surface area contributed by atoms with E-state index >= 15 is 0 Å². The molecule has 0 saturated carbocycles. The van der Waals surface area contributed by atoms with E-state index in [2.05, 4.69) is 30.5 Å². The van der Waals surface area contributed by atoms with Gasteiger partial charge in [0.25, 0.3) is 0 Å². The maximum atomic E-state index is 11.4. The Labute approximate surface area is 104 Å². The summed E-state index contributed by atoms with van der Waals surface area (Å²) < 4.78 is 4.93. The van der Waals surface area contributed by atoms with Crippen LogP contribution < -0.4 is 0 Å². The van der Waals surface area contributed by atoms with Crippen LogP contribution in [-0.2, 0) is 9.53 Å². The Morgan fingerprint density at radius 3 is 2.47 bits per heavy atom. The van der Waals surface area contributed by atoms with E-state index in [1.807, 2.05) is 6.92 Å². The van der Waals surface area contributed by atoms with Gasteiger partial charge in [-0.3, -0.25) is 4.90 Å². The number of rotatable bonds is 5. The second kappa shape index (κ2) is 6.77. The van der Waals surface area contributed by atoms with E-state index in [0.717, 1.165) is 25.9 Å². The fraction of sp³-hybridized carbons (Fsp3) is 0.769. The topological polar surface area (TPSA) is 32.8 Å². The fourth-order valence-electron chi connectivity index (χ4n) is 2.16. The van der Waals surface area contributed by atoms with Crippen molar-refractivity contribution in [1.29, 1.82) is 0 Å². The molecular weight excluding hydrogens is 216 g/mol. The van der Waals surface area contributed by atoms with Crippen molar-refractivity contribution >= 4 is 5.97 Å². The highest BCUT2D eigenvalue weighted by molar-refractivity contribution is 5.88. The Balaban J connectivity index is 2.30. The molecule has 0 amide bonds. The molecule has 1 rings (SSSR count). The van der Waals surface area contributed by atoms with Crippen LogP contribution in [0.1, 0.15) is 19.8 Å². The van der Waals surface area contributed by atoms with E-state index in [1.54, 1.807) is 0 Å². The summed E-state index contributed by atoms with van der Waals surface area (Å²) in [6.07, 6.45) is 2.31. The van der Waals surface area contributed by atoms with Crippen molar-refractivity contribution in [1.82, 2.24) is 9.80 Å². The van der Waals surface area contributed by atoms with Crippen LogP contribution in [0.25, 0.3) is 0 Å². The first-order chi connectivity index (χ1) is 8.04. The molecule has 1 aliphatic heterocycles. The van der Waals surface area contributed by atoms with Gasteiger partial charge in [-0.25, -0.2) is 4.79 Å². The lowest BCUT2D eigenvalue weighted by Gasteiger charge is -2.35. The summed E-state index contributed by atoms with van der Waals surface area (Å²) in [7, 11) is 4.25. The van der Waals surface area contributed by atoms with Crippen LogP contribution >= 0.6 is 0 Å². The highest BCUT2D eigenvalue weighted by Gasteiger charge is 2.22. The van der Waals surface area contributed by atoms with E-state index in [-0.39, 0.29) is 5.97 Å². The maximum absolute atomic E-state index is 11.4. The van der Waals surface area contributed by atoms with Crippen molar-refractivity contribution in [3.63, 3.8) is 0 Å². The number of esters is 1. The van der Waals surface area contributed by atoms with Crippen LogP contribution in [0.2, 0.25) is 0 Å². The minimum atomic E-state index is -0.262. The molecule has 0 aromatic rings. The van der Waals surface area contributed by atoms with E-state index in [0.29, 0.717) is 24.8 Å². The molecule has 0 aromatic carbocycles. The lowest BCUT2D eigenvalue weighted by Crippen LogP contribution is -2.43. The van der Waals surface area contributed by atoms with Crippen molar-refractivity contribution in [3.05, 3.63) is 12.2 Å². The smallest absolute Gasteiger partial charge is 0.334 e. The first-order valence-electron chi connectivity index (χ1n) is 6.28. The first-order valence-corrected chi connectivity index (χ1v) is 6.28. The zero-order chi connectivity index (χ0) is 12.8. The van der Waals surface area contributed by atoms with E-state index < -0.39 is 0 Å². The highest BCUT2D eigenvalue weighted by Crippen LogP contribution is 2.15. The van der Waals surface area contributed by atoms with Crippen molar-refractivity contribution in [2.24, 2.45) is 0 Å². The average Bonchev–Trinajstić information content (AvgIpc) is 2.30. The molecule has 0 atom stereocenters. The van der Waals surface area contributed by atoms with Crippen molar-refractivity contribution in [3.8, 4) is 0 Å². The summed E-state index contributed by atoms with van der Waals surface area (Å²) >= 11 is 0. The number of likely N-dealkylation sites (tertiary alicyclic amines) is 1. The van der Waals surface area contributed by atoms with Gasteiger partial charge in [0.05, 0.1) is 6.61 Å². The third-order valence-corrected chi connectivity index (χ3v) is 3.27. The van der Waals surface area contributed by atoms with Gasteiger partial charge in [-0.1, -0.05) is 6.58 Å². The Bertz CT molecular complexity index is 269. The zero-order valence-corrected chi connectivity index (χ0v) is 11.2. The number of carbonyl (C=O) groups is 1. The number of ether oxygens (including phenoxy) is 1. The predicted octanol–water partition coefficient (Wildman–Crippen LogP) is 1.13. The number of hydrogen-bond acceptors (Lipinski definition) is 4. The predicted molar refractivity (Wildman–Crippen MR) is 68.9 cm³/mol. The summed E-state index contributed by atoms with van der Waals surface area (Å²) in [5.74, 6) is -0.262. The maximum Gasteiger partial charge on any atom is 0.334 e. The van der Waals surface area contributed by atoms with Gasteiger partial charge in [0.15, 0.2) is 0 Å². The van der Waals surface area contributed by atoms with E-state index in [1.165, 1.54) is 0 Å². The van der Waals surface area contributed by atoms with E-state index in [9.17, 15) is 4.79 Å². The minimum Gasteiger partial charge on any atom is -0.463 e. The number of carbonyl (C=O) groups excluding carboxylic acids is 1. The molecule has 1 heterocycles. The molecule has 0 N–H and O–H groups in total. The molecule has 0 aliphatic carbocycles. The third kappa shape index (κ3) is 4.48. The van der Waals surface area contributed by atoms with Gasteiger partial charge < -0.3 is 9.64 Å². The molecule has 0 spiro atoms. The lowest BCUT2D eigenvalue weighted by atomic mass is 10.0. The number of nitrogens with zero attached hydrogens (tertiary/aromatic N) is 2. The van der Waals surface area contributed by atoms with Crippen LogP contribution in [0.3, 0.4) is 0 Å². The normalized spacial score (nSPS) is 18.4. The van der Waals surface area contributed by atoms with Crippen LogP contribution in [-0.4, -0.2) is 62.1 Å².